The Morgan fingerprint density at radius 3 is 2.62 bits per heavy atom. The van der Waals surface area contributed by atoms with Crippen LogP contribution in [0.25, 0.3) is 11.4 Å². The van der Waals surface area contributed by atoms with Crippen LogP contribution in [0.1, 0.15) is 36.6 Å². The number of carbonyl (C=O) groups excluding carboxylic acids is 1. The lowest BCUT2D eigenvalue weighted by Crippen LogP contribution is -2.50. The number of likely N-dealkylation sites (tertiary alicyclic amines) is 1. The molecule has 3 aromatic rings. The SMILES string of the molecule is CCC(C(=O)N1CC(c2nc(-c3ccncc3)no2)C1)c1ccccc1. The molecule has 0 spiro atoms. The van der Waals surface area contributed by atoms with Gasteiger partial charge in [0.25, 0.3) is 0 Å². The van der Waals surface area contributed by atoms with Crippen LogP contribution >= 0.6 is 0 Å². The number of hydrogen-bond acceptors (Lipinski definition) is 5. The summed E-state index contributed by atoms with van der Waals surface area (Å²) in [6, 6.07) is 13.6. The second-order valence-corrected chi connectivity index (χ2v) is 6.50. The molecule has 0 saturated carbocycles. The highest BCUT2D eigenvalue weighted by Gasteiger charge is 2.38. The average Bonchev–Trinajstić information content (AvgIpc) is 3.12. The van der Waals surface area contributed by atoms with Gasteiger partial charge in [-0.1, -0.05) is 42.4 Å². The summed E-state index contributed by atoms with van der Waals surface area (Å²) in [4.78, 5) is 23.2. The number of benzene rings is 1. The molecule has 6 heteroatoms. The minimum Gasteiger partial charge on any atom is -0.340 e. The van der Waals surface area contributed by atoms with Crippen molar-refractivity contribution in [3.05, 3.63) is 66.3 Å². The topological polar surface area (TPSA) is 72.1 Å². The Bertz CT molecular complexity index is 873. The van der Waals surface area contributed by atoms with Crippen molar-refractivity contribution in [2.45, 2.75) is 25.2 Å². The van der Waals surface area contributed by atoms with Crippen molar-refractivity contribution in [2.75, 3.05) is 13.1 Å². The van der Waals surface area contributed by atoms with Crippen molar-refractivity contribution >= 4 is 5.91 Å². The fourth-order valence-corrected chi connectivity index (χ4v) is 3.29. The van der Waals surface area contributed by atoms with Crippen LogP contribution in [0.5, 0.6) is 0 Å². The summed E-state index contributed by atoms with van der Waals surface area (Å²) < 4.78 is 5.40. The van der Waals surface area contributed by atoms with Crippen molar-refractivity contribution in [1.82, 2.24) is 20.0 Å². The van der Waals surface area contributed by atoms with Gasteiger partial charge in [0.05, 0.1) is 11.8 Å². The molecular weight excluding hydrogens is 328 g/mol. The molecule has 1 aliphatic rings. The first-order valence-electron chi connectivity index (χ1n) is 8.84. The van der Waals surface area contributed by atoms with Crippen LogP contribution in [0.2, 0.25) is 0 Å². The van der Waals surface area contributed by atoms with Crippen LogP contribution in [-0.2, 0) is 4.79 Å². The van der Waals surface area contributed by atoms with E-state index in [2.05, 4.69) is 15.1 Å². The number of aromatic nitrogens is 3. The van der Waals surface area contributed by atoms with Gasteiger partial charge in [0.2, 0.25) is 17.6 Å². The van der Waals surface area contributed by atoms with E-state index >= 15 is 0 Å². The number of rotatable bonds is 5. The molecule has 0 aliphatic carbocycles. The van der Waals surface area contributed by atoms with Gasteiger partial charge in [-0.25, -0.2) is 0 Å². The van der Waals surface area contributed by atoms with Gasteiger partial charge in [0.1, 0.15) is 0 Å². The fraction of sp³-hybridized carbons (Fsp3) is 0.300. The van der Waals surface area contributed by atoms with E-state index in [0.29, 0.717) is 24.8 Å². The molecule has 1 aromatic carbocycles. The quantitative estimate of drug-likeness (QED) is 0.708. The lowest BCUT2D eigenvalue weighted by Gasteiger charge is -2.39. The van der Waals surface area contributed by atoms with Crippen LogP contribution in [0, 0.1) is 0 Å². The van der Waals surface area contributed by atoms with Crippen molar-refractivity contribution in [2.24, 2.45) is 0 Å². The Balaban J connectivity index is 1.41. The van der Waals surface area contributed by atoms with Crippen LogP contribution in [0.15, 0.2) is 59.4 Å². The third-order valence-electron chi connectivity index (χ3n) is 4.83. The Morgan fingerprint density at radius 2 is 1.92 bits per heavy atom. The van der Waals surface area contributed by atoms with Crippen LogP contribution in [0.4, 0.5) is 0 Å². The largest absolute Gasteiger partial charge is 0.340 e. The maximum atomic E-state index is 12.8. The lowest BCUT2D eigenvalue weighted by atomic mass is 9.91. The first-order chi connectivity index (χ1) is 12.8. The van der Waals surface area contributed by atoms with Crippen LogP contribution in [0.3, 0.4) is 0 Å². The molecule has 1 aliphatic heterocycles. The highest BCUT2D eigenvalue weighted by atomic mass is 16.5. The van der Waals surface area contributed by atoms with Crippen LogP contribution in [-0.4, -0.2) is 39.0 Å². The van der Waals surface area contributed by atoms with E-state index in [9.17, 15) is 4.79 Å². The summed E-state index contributed by atoms with van der Waals surface area (Å²) in [6.45, 7) is 3.30. The molecule has 26 heavy (non-hydrogen) atoms. The molecule has 1 atom stereocenters. The number of nitrogens with zero attached hydrogens (tertiary/aromatic N) is 4. The van der Waals surface area contributed by atoms with E-state index in [-0.39, 0.29) is 17.7 Å². The molecule has 4 rings (SSSR count). The zero-order valence-corrected chi connectivity index (χ0v) is 14.6. The molecule has 1 unspecified atom stereocenters. The Hall–Kier alpha value is -3.02. The minimum atomic E-state index is -0.0905. The Labute approximate surface area is 151 Å². The maximum absolute atomic E-state index is 12.8. The van der Waals surface area contributed by atoms with Gasteiger partial charge in [-0.05, 0) is 24.1 Å². The molecule has 132 valence electrons. The standard InChI is InChI=1S/C20H20N4O2/c1-2-17(14-6-4-3-5-7-14)20(25)24-12-16(13-24)19-22-18(23-26-19)15-8-10-21-11-9-15/h3-11,16-17H,2,12-13H2,1H3. The first kappa shape index (κ1) is 16.4. The number of hydrogen-bond donors (Lipinski definition) is 0. The number of carbonyl (C=O) groups is 1. The van der Waals surface area contributed by atoms with Gasteiger partial charge in [-0.15, -0.1) is 0 Å². The molecule has 0 radical (unpaired) electrons. The predicted octanol–water partition coefficient (Wildman–Crippen LogP) is 3.25. The van der Waals surface area contributed by atoms with Gasteiger partial charge >= 0.3 is 0 Å². The molecular formula is C20H20N4O2. The van der Waals surface area contributed by atoms with E-state index in [1.54, 1.807) is 12.4 Å². The number of pyridine rings is 1. The second kappa shape index (κ2) is 7.07. The summed E-state index contributed by atoms with van der Waals surface area (Å²) >= 11 is 0. The zero-order chi connectivity index (χ0) is 17.9. The van der Waals surface area contributed by atoms with E-state index in [0.717, 1.165) is 17.5 Å². The molecule has 2 aromatic heterocycles. The molecule has 0 N–H and O–H groups in total. The van der Waals surface area contributed by atoms with Gasteiger partial charge in [-0.2, -0.15) is 4.98 Å². The summed E-state index contributed by atoms with van der Waals surface area (Å²) in [5.74, 6) is 1.34. The van der Waals surface area contributed by atoms with Gasteiger partial charge < -0.3 is 9.42 Å². The predicted molar refractivity (Wildman–Crippen MR) is 96.3 cm³/mol. The van der Waals surface area contributed by atoms with Crippen molar-refractivity contribution in [3.8, 4) is 11.4 Å². The molecule has 3 heterocycles. The third kappa shape index (κ3) is 3.10. The third-order valence-corrected chi connectivity index (χ3v) is 4.83. The fourth-order valence-electron chi connectivity index (χ4n) is 3.29. The van der Waals surface area contributed by atoms with E-state index in [4.69, 9.17) is 4.52 Å². The average molecular weight is 348 g/mol. The van der Waals surface area contributed by atoms with E-state index in [1.165, 1.54) is 0 Å². The summed E-state index contributed by atoms with van der Waals surface area (Å²) in [5.41, 5.74) is 1.94. The maximum Gasteiger partial charge on any atom is 0.233 e. The highest BCUT2D eigenvalue weighted by molar-refractivity contribution is 5.84. The van der Waals surface area contributed by atoms with Crippen LogP contribution < -0.4 is 0 Å². The molecule has 1 fully saturated rings. The van der Waals surface area contributed by atoms with Crippen molar-refractivity contribution in [1.29, 1.82) is 0 Å². The van der Waals surface area contributed by atoms with E-state index in [1.807, 2.05) is 54.3 Å². The highest BCUT2D eigenvalue weighted by Crippen LogP contribution is 2.31. The summed E-state index contributed by atoms with van der Waals surface area (Å²) in [6.07, 6.45) is 4.18. The smallest absolute Gasteiger partial charge is 0.233 e. The minimum absolute atomic E-state index is 0.0905. The van der Waals surface area contributed by atoms with Gasteiger partial charge in [-0.3, -0.25) is 9.78 Å². The summed E-state index contributed by atoms with van der Waals surface area (Å²) in [5, 5.41) is 4.04. The molecule has 1 saturated heterocycles. The van der Waals surface area contributed by atoms with Crippen molar-refractivity contribution in [3.63, 3.8) is 0 Å². The summed E-state index contributed by atoms with van der Waals surface area (Å²) in [7, 11) is 0. The Kier molecular flexibility index (Phi) is 4.48. The molecule has 1 amide bonds. The number of amides is 1. The second-order valence-electron chi connectivity index (χ2n) is 6.50. The molecule has 0 bridgehead atoms. The van der Waals surface area contributed by atoms with Crippen molar-refractivity contribution < 1.29 is 9.32 Å². The zero-order valence-electron chi connectivity index (χ0n) is 14.6. The Morgan fingerprint density at radius 1 is 1.19 bits per heavy atom. The first-order valence-corrected chi connectivity index (χ1v) is 8.84. The van der Waals surface area contributed by atoms with Gasteiger partial charge in [0.15, 0.2) is 0 Å². The van der Waals surface area contributed by atoms with Gasteiger partial charge in [0, 0.05) is 31.0 Å². The molecule has 6 nitrogen and oxygen atoms in total. The lowest BCUT2D eigenvalue weighted by molar-refractivity contribution is -0.137. The van der Waals surface area contributed by atoms with E-state index < -0.39 is 0 Å². The monoisotopic (exact) mass is 348 g/mol. The normalized spacial score (nSPS) is 15.5.